The summed E-state index contributed by atoms with van der Waals surface area (Å²) in [7, 11) is 0. The minimum atomic E-state index is -0.237. The fourth-order valence-electron chi connectivity index (χ4n) is 2.68. The number of carbonyl (C=O) groups is 1. The van der Waals surface area contributed by atoms with Crippen LogP contribution in [0.3, 0.4) is 0 Å². The van der Waals surface area contributed by atoms with Gasteiger partial charge >= 0.3 is 0 Å². The van der Waals surface area contributed by atoms with Gasteiger partial charge in [0, 0.05) is 22.7 Å². The highest BCUT2D eigenvalue weighted by Crippen LogP contribution is 2.29. The standard InChI is InChI=1S/C16H17ClN2O2/c1-9-6-7-14-11(8-9)15(19-21-14)16(20)18-13-5-3-4-12(17)10(13)2/h3-5,9H,6-8H2,1-2H3,(H,18,20). The molecular formula is C16H17ClN2O2. The molecule has 0 saturated heterocycles. The monoisotopic (exact) mass is 304 g/mol. The van der Waals surface area contributed by atoms with Crippen molar-refractivity contribution >= 4 is 23.2 Å². The van der Waals surface area contributed by atoms with Gasteiger partial charge in [-0.2, -0.15) is 0 Å². The Hall–Kier alpha value is -1.81. The van der Waals surface area contributed by atoms with Crippen molar-refractivity contribution < 1.29 is 9.32 Å². The molecule has 2 aromatic rings. The fourth-order valence-corrected chi connectivity index (χ4v) is 2.86. The number of fused-ring (bicyclic) bond motifs is 1. The first-order chi connectivity index (χ1) is 10.1. The van der Waals surface area contributed by atoms with Crippen molar-refractivity contribution in [2.45, 2.75) is 33.1 Å². The van der Waals surface area contributed by atoms with E-state index in [9.17, 15) is 4.79 Å². The van der Waals surface area contributed by atoms with Gasteiger partial charge in [0.05, 0.1) is 0 Å². The van der Waals surface area contributed by atoms with Crippen LogP contribution in [0.25, 0.3) is 0 Å². The molecule has 1 aromatic heterocycles. The molecule has 0 aliphatic heterocycles. The lowest BCUT2D eigenvalue weighted by atomic mass is 9.88. The summed E-state index contributed by atoms with van der Waals surface area (Å²) in [6.45, 7) is 4.05. The predicted octanol–water partition coefficient (Wildman–Crippen LogP) is 4.01. The Morgan fingerprint density at radius 1 is 1.48 bits per heavy atom. The highest BCUT2D eigenvalue weighted by Gasteiger charge is 2.27. The molecule has 0 spiro atoms. The summed E-state index contributed by atoms with van der Waals surface area (Å²) in [6.07, 6.45) is 2.78. The van der Waals surface area contributed by atoms with E-state index in [1.54, 1.807) is 6.07 Å². The highest BCUT2D eigenvalue weighted by molar-refractivity contribution is 6.31. The number of carbonyl (C=O) groups excluding carboxylic acids is 1. The van der Waals surface area contributed by atoms with Gasteiger partial charge in [0.2, 0.25) is 0 Å². The van der Waals surface area contributed by atoms with Crippen LogP contribution in [0.1, 0.15) is 40.7 Å². The van der Waals surface area contributed by atoms with E-state index in [1.807, 2.05) is 19.1 Å². The number of aryl methyl sites for hydroxylation is 1. The second-order valence-corrected chi connectivity index (χ2v) is 6.05. The molecule has 0 saturated carbocycles. The maximum atomic E-state index is 12.4. The van der Waals surface area contributed by atoms with E-state index in [0.717, 1.165) is 36.1 Å². The van der Waals surface area contributed by atoms with Gasteiger partial charge in [-0.05, 0) is 43.4 Å². The topological polar surface area (TPSA) is 55.1 Å². The summed E-state index contributed by atoms with van der Waals surface area (Å²) in [4.78, 5) is 12.4. The predicted molar refractivity (Wildman–Crippen MR) is 81.8 cm³/mol. The van der Waals surface area contributed by atoms with Crippen molar-refractivity contribution in [2.75, 3.05) is 5.32 Å². The normalized spacial score (nSPS) is 17.4. The number of anilines is 1. The van der Waals surface area contributed by atoms with E-state index in [-0.39, 0.29) is 5.91 Å². The molecular weight excluding hydrogens is 288 g/mol. The zero-order valence-corrected chi connectivity index (χ0v) is 12.8. The van der Waals surface area contributed by atoms with Crippen molar-refractivity contribution in [1.29, 1.82) is 0 Å². The molecule has 0 radical (unpaired) electrons. The van der Waals surface area contributed by atoms with Gasteiger partial charge in [0.1, 0.15) is 5.76 Å². The van der Waals surface area contributed by atoms with Gasteiger partial charge < -0.3 is 9.84 Å². The Bertz CT molecular complexity index is 694. The molecule has 0 fully saturated rings. The molecule has 1 aliphatic rings. The molecule has 110 valence electrons. The Balaban J connectivity index is 1.87. The fraction of sp³-hybridized carbons (Fsp3) is 0.375. The number of halogens is 1. The van der Waals surface area contributed by atoms with Crippen LogP contribution < -0.4 is 5.32 Å². The summed E-state index contributed by atoms with van der Waals surface area (Å²) >= 11 is 6.07. The Morgan fingerprint density at radius 3 is 3.10 bits per heavy atom. The van der Waals surface area contributed by atoms with Crippen molar-refractivity contribution in [1.82, 2.24) is 5.16 Å². The van der Waals surface area contributed by atoms with Crippen LogP contribution in [0.15, 0.2) is 22.7 Å². The Labute approximate surface area is 128 Å². The minimum absolute atomic E-state index is 0.237. The smallest absolute Gasteiger partial charge is 0.278 e. The maximum Gasteiger partial charge on any atom is 0.278 e. The van der Waals surface area contributed by atoms with Crippen LogP contribution in [0.4, 0.5) is 5.69 Å². The minimum Gasteiger partial charge on any atom is -0.360 e. The van der Waals surface area contributed by atoms with Crippen LogP contribution in [-0.2, 0) is 12.8 Å². The second-order valence-electron chi connectivity index (χ2n) is 5.65. The lowest BCUT2D eigenvalue weighted by Crippen LogP contribution is -2.18. The number of nitrogens with one attached hydrogen (secondary N) is 1. The summed E-state index contributed by atoms with van der Waals surface area (Å²) in [5, 5.41) is 7.46. The lowest BCUT2D eigenvalue weighted by Gasteiger charge is -2.16. The van der Waals surface area contributed by atoms with Crippen molar-refractivity contribution in [3.63, 3.8) is 0 Å². The van der Waals surface area contributed by atoms with E-state index >= 15 is 0 Å². The van der Waals surface area contributed by atoms with Crippen LogP contribution in [-0.4, -0.2) is 11.1 Å². The van der Waals surface area contributed by atoms with Crippen LogP contribution in [0, 0.1) is 12.8 Å². The number of amides is 1. The largest absolute Gasteiger partial charge is 0.360 e. The molecule has 1 aliphatic carbocycles. The second kappa shape index (κ2) is 5.53. The Kier molecular flexibility index (Phi) is 3.72. The average molecular weight is 305 g/mol. The number of nitrogens with zero attached hydrogens (tertiary/aromatic N) is 1. The van der Waals surface area contributed by atoms with Crippen LogP contribution >= 0.6 is 11.6 Å². The number of benzene rings is 1. The first kappa shape index (κ1) is 14.1. The Morgan fingerprint density at radius 2 is 2.29 bits per heavy atom. The third kappa shape index (κ3) is 2.68. The summed E-state index contributed by atoms with van der Waals surface area (Å²) < 4.78 is 5.31. The molecule has 1 heterocycles. The van der Waals surface area contributed by atoms with E-state index < -0.39 is 0 Å². The van der Waals surface area contributed by atoms with Gasteiger partial charge in [-0.15, -0.1) is 0 Å². The summed E-state index contributed by atoms with van der Waals surface area (Å²) in [6, 6.07) is 5.44. The molecule has 1 aromatic carbocycles. The van der Waals surface area contributed by atoms with Gasteiger partial charge in [-0.1, -0.05) is 29.7 Å². The van der Waals surface area contributed by atoms with Crippen molar-refractivity contribution in [2.24, 2.45) is 5.92 Å². The van der Waals surface area contributed by atoms with Gasteiger partial charge in [0.25, 0.3) is 5.91 Å². The zero-order chi connectivity index (χ0) is 15.0. The van der Waals surface area contributed by atoms with Gasteiger partial charge in [0.15, 0.2) is 5.69 Å². The van der Waals surface area contributed by atoms with E-state index in [1.165, 1.54) is 0 Å². The van der Waals surface area contributed by atoms with Crippen molar-refractivity contribution in [3.05, 3.63) is 45.8 Å². The molecule has 1 atom stereocenters. The first-order valence-electron chi connectivity index (χ1n) is 7.10. The average Bonchev–Trinajstić information content (AvgIpc) is 2.87. The van der Waals surface area contributed by atoms with E-state index in [4.69, 9.17) is 16.1 Å². The van der Waals surface area contributed by atoms with E-state index in [0.29, 0.717) is 22.3 Å². The molecule has 1 N–H and O–H groups in total. The molecule has 4 nitrogen and oxygen atoms in total. The van der Waals surface area contributed by atoms with Crippen LogP contribution in [0.2, 0.25) is 5.02 Å². The maximum absolute atomic E-state index is 12.4. The molecule has 5 heteroatoms. The zero-order valence-electron chi connectivity index (χ0n) is 12.1. The van der Waals surface area contributed by atoms with Gasteiger partial charge in [-0.25, -0.2) is 0 Å². The molecule has 3 rings (SSSR count). The lowest BCUT2D eigenvalue weighted by molar-refractivity contribution is 0.101. The summed E-state index contributed by atoms with van der Waals surface area (Å²) in [5.74, 6) is 1.16. The third-order valence-corrected chi connectivity index (χ3v) is 4.43. The number of rotatable bonds is 2. The molecule has 0 bridgehead atoms. The van der Waals surface area contributed by atoms with Crippen LogP contribution in [0.5, 0.6) is 0 Å². The van der Waals surface area contributed by atoms with Crippen molar-refractivity contribution in [3.8, 4) is 0 Å². The summed E-state index contributed by atoms with van der Waals surface area (Å²) in [5.41, 5.74) is 2.90. The molecule has 21 heavy (non-hydrogen) atoms. The quantitative estimate of drug-likeness (QED) is 0.912. The van der Waals surface area contributed by atoms with Gasteiger partial charge in [-0.3, -0.25) is 4.79 Å². The van der Waals surface area contributed by atoms with E-state index in [2.05, 4.69) is 17.4 Å². The number of hydrogen-bond donors (Lipinski definition) is 1. The number of hydrogen-bond acceptors (Lipinski definition) is 3. The third-order valence-electron chi connectivity index (χ3n) is 4.02. The SMILES string of the molecule is Cc1c(Cl)cccc1NC(=O)c1noc2c1CC(C)CC2. The molecule has 1 amide bonds. The first-order valence-corrected chi connectivity index (χ1v) is 7.48. The molecule has 1 unspecified atom stereocenters. The number of aromatic nitrogens is 1. The highest BCUT2D eigenvalue weighted by atomic mass is 35.5.